The number of nitrogens with one attached hydrogen (secondary N) is 1. The minimum absolute atomic E-state index is 0.477. The fourth-order valence-electron chi connectivity index (χ4n) is 1.43. The summed E-state index contributed by atoms with van der Waals surface area (Å²) in [7, 11) is 0. The van der Waals surface area contributed by atoms with Crippen molar-refractivity contribution in [2.45, 2.75) is 19.0 Å². The number of rotatable bonds is 3. The molecule has 0 aliphatic heterocycles. The maximum atomic E-state index is 12.6. The number of hydrogen-bond acceptors (Lipinski definition) is 2. The van der Waals surface area contributed by atoms with Gasteiger partial charge in [-0.2, -0.15) is 13.2 Å². The molecule has 0 saturated carbocycles. The summed E-state index contributed by atoms with van der Waals surface area (Å²) in [6.07, 6.45) is -9.53. The summed E-state index contributed by atoms with van der Waals surface area (Å²) in [5, 5.41) is 8.41. The van der Waals surface area contributed by atoms with Gasteiger partial charge in [-0.15, -0.1) is 0 Å². The molecule has 0 bridgehead atoms. The minimum Gasteiger partial charge on any atom is -0.481 e. The van der Waals surface area contributed by atoms with E-state index in [2.05, 4.69) is 0 Å². The standard InChI is InChI=1S/C9H6F5NO3/c10-7(11)5-6(9(12,13)14)3(1-4(16)17)2-15-8(5)18/h2,7H,1H2,(H,15,18)(H,16,17). The number of aliphatic carboxylic acids is 1. The van der Waals surface area contributed by atoms with Crippen molar-refractivity contribution < 1.29 is 31.9 Å². The fraction of sp³-hybridized carbons (Fsp3) is 0.333. The van der Waals surface area contributed by atoms with Crippen LogP contribution in [0.1, 0.15) is 23.1 Å². The van der Waals surface area contributed by atoms with Gasteiger partial charge in [-0.1, -0.05) is 0 Å². The van der Waals surface area contributed by atoms with E-state index in [1.807, 2.05) is 0 Å². The van der Waals surface area contributed by atoms with Crippen LogP contribution in [-0.4, -0.2) is 16.1 Å². The SMILES string of the molecule is O=C(O)Cc1c[nH]c(=O)c(C(F)F)c1C(F)(F)F. The summed E-state index contributed by atoms with van der Waals surface area (Å²) >= 11 is 0. The zero-order chi connectivity index (χ0) is 14.1. The van der Waals surface area contributed by atoms with Crippen molar-refractivity contribution in [1.82, 2.24) is 4.98 Å². The number of halogens is 5. The molecule has 0 fully saturated rings. The van der Waals surface area contributed by atoms with Crippen LogP contribution in [0.25, 0.3) is 0 Å². The monoisotopic (exact) mass is 271 g/mol. The molecule has 9 heteroatoms. The zero-order valence-corrected chi connectivity index (χ0v) is 8.52. The second-order valence-electron chi connectivity index (χ2n) is 3.30. The van der Waals surface area contributed by atoms with E-state index in [0.717, 1.165) is 0 Å². The summed E-state index contributed by atoms with van der Waals surface area (Å²) in [5.41, 5.74) is -6.15. The molecule has 0 amide bonds. The van der Waals surface area contributed by atoms with Gasteiger partial charge in [0.15, 0.2) is 0 Å². The van der Waals surface area contributed by atoms with Crippen molar-refractivity contribution in [1.29, 1.82) is 0 Å². The van der Waals surface area contributed by atoms with Gasteiger partial charge in [-0.25, -0.2) is 8.78 Å². The minimum atomic E-state index is -5.23. The number of hydrogen-bond donors (Lipinski definition) is 2. The Morgan fingerprint density at radius 1 is 1.39 bits per heavy atom. The zero-order valence-electron chi connectivity index (χ0n) is 8.52. The van der Waals surface area contributed by atoms with E-state index in [9.17, 15) is 31.5 Å². The predicted molar refractivity (Wildman–Crippen MR) is 48.4 cm³/mol. The van der Waals surface area contributed by atoms with Crippen molar-refractivity contribution >= 4 is 5.97 Å². The first kappa shape index (κ1) is 14.1. The van der Waals surface area contributed by atoms with E-state index in [4.69, 9.17) is 5.11 Å². The lowest BCUT2D eigenvalue weighted by Gasteiger charge is -2.15. The Labute approximate surface area is 96.1 Å². The van der Waals surface area contributed by atoms with Crippen molar-refractivity contribution in [2.24, 2.45) is 0 Å². The first-order valence-electron chi connectivity index (χ1n) is 4.46. The lowest BCUT2D eigenvalue weighted by atomic mass is 10.0. The van der Waals surface area contributed by atoms with Crippen LogP contribution < -0.4 is 5.56 Å². The summed E-state index contributed by atoms with van der Waals surface area (Å²) in [4.78, 5) is 23.0. The van der Waals surface area contributed by atoms with Crippen LogP contribution in [0.4, 0.5) is 22.0 Å². The third-order valence-corrected chi connectivity index (χ3v) is 2.06. The molecular formula is C9H6F5NO3. The van der Waals surface area contributed by atoms with Gasteiger partial charge >= 0.3 is 12.1 Å². The summed E-state index contributed by atoms with van der Waals surface area (Å²) in [5.74, 6) is -1.63. The molecule has 1 rings (SSSR count). The van der Waals surface area contributed by atoms with Gasteiger partial charge in [0.1, 0.15) is 0 Å². The van der Waals surface area contributed by atoms with Crippen LogP contribution in [0.3, 0.4) is 0 Å². The van der Waals surface area contributed by atoms with Gasteiger partial charge < -0.3 is 10.1 Å². The molecule has 0 aromatic carbocycles. The highest BCUT2D eigenvalue weighted by atomic mass is 19.4. The molecule has 0 aliphatic rings. The Hall–Kier alpha value is -1.93. The van der Waals surface area contributed by atoms with Crippen LogP contribution in [-0.2, 0) is 17.4 Å². The topological polar surface area (TPSA) is 70.2 Å². The summed E-state index contributed by atoms with van der Waals surface area (Å²) in [6.45, 7) is 0. The maximum Gasteiger partial charge on any atom is 0.417 e. The predicted octanol–water partition coefficient (Wildman–Crippen LogP) is 1.96. The van der Waals surface area contributed by atoms with Gasteiger partial charge in [0.2, 0.25) is 0 Å². The van der Waals surface area contributed by atoms with Gasteiger partial charge in [-0.3, -0.25) is 9.59 Å². The molecule has 4 nitrogen and oxygen atoms in total. The van der Waals surface area contributed by atoms with E-state index in [1.54, 1.807) is 4.98 Å². The molecule has 1 aromatic heterocycles. The molecular weight excluding hydrogens is 265 g/mol. The number of alkyl halides is 5. The molecule has 0 aliphatic carbocycles. The second-order valence-corrected chi connectivity index (χ2v) is 3.30. The van der Waals surface area contributed by atoms with Crippen LogP contribution in [0.2, 0.25) is 0 Å². The Kier molecular flexibility index (Phi) is 3.73. The first-order chi connectivity index (χ1) is 8.14. The number of carboxylic acid groups (broad SMARTS) is 1. The second kappa shape index (κ2) is 4.75. The molecule has 0 unspecified atom stereocenters. The average Bonchev–Trinajstić information content (AvgIpc) is 2.17. The third-order valence-electron chi connectivity index (χ3n) is 2.06. The van der Waals surface area contributed by atoms with Crippen molar-refractivity contribution in [2.75, 3.05) is 0 Å². The van der Waals surface area contributed by atoms with Crippen LogP contribution >= 0.6 is 0 Å². The van der Waals surface area contributed by atoms with Crippen LogP contribution in [0.15, 0.2) is 11.0 Å². The number of carbonyl (C=O) groups is 1. The highest BCUT2D eigenvalue weighted by Gasteiger charge is 2.40. The van der Waals surface area contributed by atoms with Gasteiger partial charge in [0.25, 0.3) is 12.0 Å². The van der Waals surface area contributed by atoms with Crippen molar-refractivity contribution in [3.8, 4) is 0 Å². The van der Waals surface area contributed by atoms with E-state index in [-0.39, 0.29) is 0 Å². The Morgan fingerprint density at radius 3 is 2.33 bits per heavy atom. The van der Waals surface area contributed by atoms with Crippen molar-refractivity contribution in [3.05, 3.63) is 33.2 Å². The van der Waals surface area contributed by atoms with E-state index >= 15 is 0 Å². The molecule has 100 valence electrons. The quantitative estimate of drug-likeness (QED) is 0.825. The highest BCUT2D eigenvalue weighted by molar-refractivity contribution is 5.71. The molecule has 0 spiro atoms. The molecule has 1 heterocycles. The van der Waals surface area contributed by atoms with Gasteiger partial charge in [0.05, 0.1) is 17.5 Å². The van der Waals surface area contributed by atoms with Gasteiger partial charge in [0, 0.05) is 6.20 Å². The first-order valence-corrected chi connectivity index (χ1v) is 4.46. The average molecular weight is 271 g/mol. The Morgan fingerprint density at radius 2 is 1.94 bits per heavy atom. The Balaban J connectivity index is 3.60. The van der Waals surface area contributed by atoms with Crippen LogP contribution in [0.5, 0.6) is 0 Å². The number of pyridine rings is 1. The lowest BCUT2D eigenvalue weighted by Crippen LogP contribution is -2.24. The lowest BCUT2D eigenvalue weighted by molar-refractivity contribution is -0.141. The van der Waals surface area contributed by atoms with E-state index in [0.29, 0.717) is 6.20 Å². The smallest absolute Gasteiger partial charge is 0.417 e. The fourth-order valence-corrected chi connectivity index (χ4v) is 1.43. The molecule has 18 heavy (non-hydrogen) atoms. The summed E-state index contributed by atoms with van der Waals surface area (Å²) < 4.78 is 62.8. The van der Waals surface area contributed by atoms with E-state index in [1.165, 1.54) is 0 Å². The van der Waals surface area contributed by atoms with Crippen LogP contribution in [0, 0.1) is 0 Å². The Bertz CT molecular complexity index is 520. The molecule has 2 N–H and O–H groups in total. The largest absolute Gasteiger partial charge is 0.481 e. The molecule has 0 saturated heterocycles. The number of aromatic amines is 1. The third kappa shape index (κ3) is 2.84. The van der Waals surface area contributed by atoms with E-state index < -0.39 is 47.2 Å². The molecule has 0 radical (unpaired) electrons. The number of carboxylic acids is 1. The van der Waals surface area contributed by atoms with Gasteiger partial charge in [-0.05, 0) is 5.56 Å². The molecule has 0 atom stereocenters. The normalized spacial score (nSPS) is 11.9. The highest BCUT2D eigenvalue weighted by Crippen LogP contribution is 2.36. The summed E-state index contributed by atoms with van der Waals surface area (Å²) in [6, 6.07) is 0. The maximum absolute atomic E-state index is 12.6. The number of aromatic nitrogens is 1. The molecule has 1 aromatic rings. The number of H-pyrrole nitrogens is 1. The van der Waals surface area contributed by atoms with Crippen molar-refractivity contribution in [3.63, 3.8) is 0 Å².